The molecule has 4 rings (SSSR count). The van der Waals surface area contributed by atoms with Crippen molar-refractivity contribution in [2.45, 2.75) is 36.7 Å². The molecule has 2 atom stereocenters. The maximum absolute atomic E-state index is 13.9. The second-order valence-corrected chi connectivity index (χ2v) is 13.9. The molecule has 0 bridgehead atoms. The van der Waals surface area contributed by atoms with E-state index >= 15 is 0 Å². The van der Waals surface area contributed by atoms with E-state index in [1.807, 2.05) is 0 Å². The Balaban J connectivity index is 2.10. The second kappa shape index (κ2) is 6.07. The Kier molecular flexibility index (Phi) is 4.41. The molecule has 2 heterocycles. The first-order valence-electron chi connectivity index (χ1n) is 8.33. The van der Waals surface area contributed by atoms with Crippen LogP contribution in [0.4, 0.5) is 39.5 Å². The van der Waals surface area contributed by atoms with E-state index in [0.717, 1.165) is 30.3 Å². The van der Waals surface area contributed by atoms with Gasteiger partial charge in [0, 0.05) is 0 Å². The number of alkyl halides is 9. The van der Waals surface area contributed by atoms with Crippen molar-refractivity contribution in [3.63, 3.8) is 0 Å². The molecule has 0 fully saturated rings. The van der Waals surface area contributed by atoms with Gasteiger partial charge in [-0.2, -0.15) is 0 Å². The average Bonchev–Trinajstić information content (AvgIpc) is 3.07. The van der Waals surface area contributed by atoms with Crippen LogP contribution in [0, 0.1) is 0 Å². The summed E-state index contributed by atoms with van der Waals surface area (Å²) in [6.45, 7) is 0.585. The van der Waals surface area contributed by atoms with E-state index in [9.17, 15) is 39.5 Å². The minimum absolute atomic E-state index is 0.376. The van der Waals surface area contributed by atoms with Gasteiger partial charge < -0.3 is 0 Å². The van der Waals surface area contributed by atoms with Gasteiger partial charge in [-0.3, -0.25) is 0 Å². The Bertz CT molecular complexity index is 1000. The second-order valence-electron chi connectivity index (χ2n) is 6.98. The molecule has 2 nitrogen and oxygen atoms in total. The van der Waals surface area contributed by atoms with Crippen LogP contribution in [0.15, 0.2) is 48.5 Å². The summed E-state index contributed by atoms with van der Waals surface area (Å²) in [5, 5.41) is 0. The number of fused-ring (bicyclic) bond motifs is 4. The SMILES string of the molecule is C[C@]1(C(F)(F)F)[O][Sb]2([O]C(C(F)(F)F)(C(F)(F)F)c3cccc[c]32)[c]2ccccc21. The molecular formula is C18H11F9O2Sb. The summed E-state index contributed by atoms with van der Waals surface area (Å²) in [6.07, 6.45) is -17.1. The third-order valence-electron chi connectivity index (χ3n) is 5.25. The molecule has 2 aromatic rings. The molecule has 0 saturated carbocycles. The minimum atomic E-state index is -5.99. The molecule has 163 valence electrons. The van der Waals surface area contributed by atoms with Crippen LogP contribution in [0.1, 0.15) is 18.1 Å². The van der Waals surface area contributed by atoms with Crippen LogP contribution in [-0.4, -0.2) is 38.2 Å². The molecule has 1 unspecified atom stereocenters. The topological polar surface area (TPSA) is 18.5 Å². The van der Waals surface area contributed by atoms with Gasteiger partial charge in [-0.05, 0) is 0 Å². The van der Waals surface area contributed by atoms with E-state index in [0.29, 0.717) is 13.0 Å². The van der Waals surface area contributed by atoms with Crippen molar-refractivity contribution in [1.29, 1.82) is 0 Å². The third kappa shape index (κ3) is 2.48. The standard InChI is InChI=1S/C9H4F6O.C9H7F3O.Sb/c10-8(11,12)7(16,9(13,14)15)6-4-2-1-3-5-6;1-8(13,9(10,11)12)7-5-3-2-4-6-7;/h1-4H;2-5H,1H3;/q2*-1;+2/t;8-;/m.0./s1. The molecule has 0 aliphatic carbocycles. The average molecular weight is 552 g/mol. The van der Waals surface area contributed by atoms with Crippen molar-refractivity contribution < 1.29 is 45.5 Å². The summed E-state index contributed by atoms with van der Waals surface area (Å²) in [6, 6.07) is 8.08. The third-order valence-corrected chi connectivity index (χ3v) is 14.4. The van der Waals surface area contributed by atoms with Crippen molar-refractivity contribution in [3.8, 4) is 0 Å². The molecule has 30 heavy (non-hydrogen) atoms. The van der Waals surface area contributed by atoms with Gasteiger partial charge in [-0.1, -0.05) is 0 Å². The number of rotatable bonds is 0. The van der Waals surface area contributed by atoms with Gasteiger partial charge in [0.25, 0.3) is 0 Å². The van der Waals surface area contributed by atoms with E-state index in [1.165, 1.54) is 12.1 Å². The molecule has 0 aromatic heterocycles. The Morgan fingerprint density at radius 3 is 1.53 bits per heavy atom. The first kappa shape index (κ1) is 21.8. The van der Waals surface area contributed by atoms with Crippen LogP contribution >= 0.6 is 0 Å². The molecule has 12 heteroatoms. The summed E-state index contributed by atoms with van der Waals surface area (Å²) in [5.41, 5.74) is -9.72. The van der Waals surface area contributed by atoms with Gasteiger partial charge in [0.1, 0.15) is 0 Å². The van der Waals surface area contributed by atoms with Crippen LogP contribution in [0.2, 0.25) is 0 Å². The van der Waals surface area contributed by atoms with Crippen molar-refractivity contribution >= 4 is 26.7 Å². The zero-order valence-corrected chi connectivity index (χ0v) is 17.3. The van der Waals surface area contributed by atoms with Crippen LogP contribution in [-0.2, 0) is 17.2 Å². The van der Waals surface area contributed by atoms with Gasteiger partial charge in [0.15, 0.2) is 0 Å². The zero-order chi connectivity index (χ0) is 22.4. The Hall–Kier alpha value is -1.45. The van der Waals surface area contributed by atoms with Crippen LogP contribution in [0.3, 0.4) is 0 Å². The fourth-order valence-electron chi connectivity index (χ4n) is 3.83. The van der Waals surface area contributed by atoms with Gasteiger partial charge in [0.05, 0.1) is 0 Å². The van der Waals surface area contributed by atoms with E-state index in [1.54, 1.807) is 0 Å². The van der Waals surface area contributed by atoms with Crippen LogP contribution in [0.25, 0.3) is 0 Å². The Morgan fingerprint density at radius 2 is 1.07 bits per heavy atom. The van der Waals surface area contributed by atoms with E-state index in [-0.39, 0.29) is 3.51 Å². The van der Waals surface area contributed by atoms with Crippen molar-refractivity contribution in [2.24, 2.45) is 0 Å². The normalized spacial score (nSPS) is 27.9. The van der Waals surface area contributed by atoms with Gasteiger partial charge in [0.2, 0.25) is 0 Å². The summed E-state index contributed by atoms with van der Waals surface area (Å²) in [5.74, 6) is 0. The van der Waals surface area contributed by atoms with E-state index in [2.05, 4.69) is 0 Å². The van der Waals surface area contributed by atoms with Gasteiger partial charge in [-0.15, -0.1) is 0 Å². The molecule has 0 saturated heterocycles. The predicted molar refractivity (Wildman–Crippen MR) is 87.3 cm³/mol. The summed E-state index contributed by atoms with van der Waals surface area (Å²) >= 11 is -5.95. The van der Waals surface area contributed by atoms with Crippen LogP contribution < -0.4 is 7.02 Å². The van der Waals surface area contributed by atoms with Crippen molar-refractivity contribution in [1.82, 2.24) is 0 Å². The van der Waals surface area contributed by atoms with E-state index < -0.39 is 64.0 Å². The van der Waals surface area contributed by atoms with E-state index in [4.69, 9.17) is 6.03 Å². The fourth-order valence-corrected chi connectivity index (χ4v) is 14.7. The molecule has 1 radical (unpaired) electrons. The number of benzene rings is 2. The zero-order valence-electron chi connectivity index (χ0n) is 14.8. The Morgan fingerprint density at radius 1 is 0.633 bits per heavy atom. The summed E-state index contributed by atoms with van der Waals surface area (Å²) < 4.78 is 134. The number of hydrogen-bond acceptors (Lipinski definition) is 2. The van der Waals surface area contributed by atoms with Gasteiger partial charge in [-0.25, -0.2) is 0 Å². The number of hydrogen-bond donors (Lipinski definition) is 0. The van der Waals surface area contributed by atoms with Crippen LogP contribution in [0.5, 0.6) is 0 Å². The first-order valence-corrected chi connectivity index (χ1v) is 13.0. The molecule has 1 spiro atoms. The quantitative estimate of drug-likeness (QED) is 0.357. The number of halogens is 9. The molecule has 2 aliphatic rings. The summed E-state index contributed by atoms with van der Waals surface area (Å²) in [4.78, 5) is 0. The molecule has 0 amide bonds. The van der Waals surface area contributed by atoms with Gasteiger partial charge >= 0.3 is 169 Å². The monoisotopic (exact) mass is 551 g/mol. The fraction of sp³-hybridized carbons (Fsp3) is 0.333. The first-order chi connectivity index (χ1) is 13.6. The molecule has 2 aromatic carbocycles. The predicted octanol–water partition coefficient (Wildman–Crippen LogP) is 4.40. The Labute approximate surface area is 168 Å². The van der Waals surface area contributed by atoms with Crippen molar-refractivity contribution in [3.05, 3.63) is 59.7 Å². The van der Waals surface area contributed by atoms with Crippen molar-refractivity contribution in [2.75, 3.05) is 0 Å². The molecule has 0 N–H and O–H groups in total. The maximum atomic E-state index is 13.9. The molecular weight excluding hydrogens is 541 g/mol. The summed E-state index contributed by atoms with van der Waals surface area (Å²) in [7, 11) is 0. The molecule has 2 aliphatic heterocycles.